The average Bonchev–Trinajstić information content (AvgIpc) is 3.65. The number of carboxylic acids is 1. The molecule has 57 heavy (non-hydrogen) atoms. The number of nitrogens with one attached hydrogen (secondary N) is 2. The van der Waals surface area contributed by atoms with E-state index in [0.29, 0.717) is 18.5 Å². The molecule has 1 aliphatic heterocycles. The minimum Gasteiger partial charge on any atom is -0.481 e. The minimum atomic E-state index is -1.66. The van der Waals surface area contributed by atoms with Gasteiger partial charge in [-0.25, -0.2) is 4.98 Å². The Morgan fingerprint density at radius 2 is 1.39 bits per heavy atom. The number of amides is 4. The predicted molar refractivity (Wildman–Crippen MR) is 213 cm³/mol. The summed E-state index contributed by atoms with van der Waals surface area (Å²) in [4.78, 5) is 87.5. The van der Waals surface area contributed by atoms with Crippen molar-refractivity contribution in [3.05, 3.63) is 136 Å². The van der Waals surface area contributed by atoms with Crippen LogP contribution < -0.4 is 20.4 Å². The van der Waals surface area contributed by atoms with Crippen molar-refractivity contribution in [2.24, 2.45) is 0 Å². The van der Waals surface area contributed by atoms with E-state index in [1.807, 2.05) is 60.7 Å². The second kappa shape index (κ2) is 18.5. The lowest BCUT2D eigenvalue weighted by Crippen LogP contribution is -2.55. The number of aliphatic carboxylic acids is 1. The number of ketones is 1. The average molecular weight is 811 g/mol. The minimum absolute atomic E-state index is 0.0425. The Balaban J connectivity index is 1.25. The second-order valence-corrected chi connectivity index (χ2v) is 14.0. The van der Waals surface area contributed by atoms with Crippen LogP contribution in [-0.2, 0) is 36.8 Å². The van der Waals surface area contributed by atoms with Crippen LogP contribution in [0.1, 0.15) is 41.1 Å². The van der Waals surface area contributed by atoms with E-state index < -0.39 is 60.4 Å². The molecule has 4 amide bonds. The van der Waals surface area contributed by atoms with Gasteiger partial charge < -0.3 is 25.1 Å². The van der Waals surface area contributed by atoms with Crippen LogP contribution in [0, 0.1) is 0 Å². The largest absolute Gasteiger partial charge is 0.481 e. The fourth-order valence-corrected chi connectivity index (χ4v) is 7.03. The highest BCUT2D eigenvalue weighted by Crippen LogP contribution is 2.36. The summed E-state index contributed by atoms with van der Waals surface area (Å²) in [6.45, 7) is -0.922. The molecule has 15 heteroatoms. The third-order valence-corrected chi connectivity index (χ3v) is 9.87. The highest BCUT2D eigenvalue weighted by atomic mass is 35.5. The van der Waals surface area contributed by atoms with Crippen molar-refractivity contribution in [3.63, 3.8) is 0 Å². The van der Waals surface area contributed by atoms with E-state index in [2.05, 4.69) is 15.6 Å². The standard InChI is InChI=1S/C42H37Cl2N5O8/c43-28-14-9-15-29(44)39(28)34-23-45-41(57-34)40(55)30(22-38(53)54)46-36(51)25-49-33-17-8-7-16-32(33)48(37(52)21-19-27-12-5-2-6-13-27)24-31(42(49)56)47-35(50)20-18-26-10-3-1-4-11-26/h1-17,23,30-31H,18-22,24-25H2,(H,46,51)(H,47,50)(H,53,54)/t30?,31-/m0/s1. The summed E-state index contributed by atoms with van der Waals surface area (Å²) in [5, 5.41) is 15.3. The molecule has 0 aliphatic carbocycles. The van der Waals surface area contributed by atoms with Crippen LogP contribution in [0.15, 0.2) is 114 Å². The summed E-state index contributed by atoms with van der Waals surface area (Å²) in [5.41, 5.74) is 2.64. The molecule has 2 atom stereocenters. The van der Waals surface area contributed by atoms with Crippen molar-refractivity contribution in [2.45, 2.75) is 44.2 Å². The number of Topliss-reactive ketones (excluding diaryl/α,β-unsaturated/α-hetero) is 1. The summed E-state index contributed by atoms with van der Waals surface area (Å²) < 4.78 is 5.63. The van der Waals surface area contributed by atoms with Crippen molar-refractivity contribution >= 4 is 70.0 Å². The summed E-state index contributed by atoms with van der Waals surface area (Å²) >= 11 is 12.6. The summed E-state index contributed by atoms with van der Waals surface area (Å²) in [6.07, 6.45) is 1.32. The van der Waals surface area contributed by atoms with Gasteiger partial charge in [-0.2, -0.15) is 0 Å². The molecule has 3 N–H and O–H groups in total. The van der Waals surface area contributed by atoms with Gasteiger partial charge >= 0.3 is 5.97 Å². The molecule has 0 saturated heterocycles. The van der Waals surface area contributed by atoms with Crippen LogP contribution >= 0.6 is 23.2 Å². The molecule has 6 rings (SSSR count). The molecule has 0 fully saturated rings. The van der Waals surface area contributed by atoms with Crippen LogP contribution in [-0.4, -0.2) is 70.6 Å². The molecule has 1 unspecified atom stereocenters. The van der Waals surface area contributed by atoms with E-state index in [0.717, 1.165) is 16.0 Å². The molecule has 13 nitrogen and oxygen atoms in total. The number of carboxylic acid groups (broad SMARTS) is 1. The van der Waals surface area contributed by atoms with E-state index in [4.69, 9.17) is 27.6 Å². The number of fused-ring (bicyclic) bond motifs is 1. The Kier molecular flexibility index (Phi) is 13.1. The maximum atomic E-state index is 14.4. The first-order valence-corrected chi connectivity index (χ1v) is 18.8. The van der Waals surface area contributed by atoms with Gasteiger partial charge in [0.05, 0.1) is 46.1 Å². The lowest BCUT2D eigenvalue weighted by atomic mass is 10.1. The van der Waals surface area contributed by atoms with Gasteiger partial charge in [0.25, 0.3) is 11.8 Å². The third kappa shape index (κ3) is 10.1. The van der Waals surface area contributed by atoms with E-state index in [9.17, 15) is 33.9 Å². The van der Waals surface area contributed by atoms with Gasteiger partial charge in [-0.1, -0.05) is 102 Å². The molecule has 0 spiro atoms. The number of rotatable bonds is 15. The fraction of sp³-hybridized carbons (Fsp3) is 0.214. The van der Waals surface area contributed by atoms with E-state index in [1.54, 1.807) is 42.5 Å². The fourth-order valence-electron chi connectivity index (χ4n) is 6.45. The number of aromatic nitrogens is 1. The van der Waals surface area contributed by atoms with Gasteiger partial charge in [-0.3, -0.25) is 33.7 Å². The van der Waals surface area contributed by atoms with Crippen molar-refractivity contribution in [2.75, 3.05) is 22.9 Å². The zero-order chi connectivity index (χ0) is 40.5. The molecular weight excluding hydrogens is 773 g/mol. The number of anilines is 2. The smallest absolute Gasteiger partial charge is 0.305 e. The number of aryl methyl sites for hydroxylation is 2. The molecule has 0 bridgehead atoms. The molecule has 0 radical (unpaired) electrons. The first kappa shape index (κ1) is 40.4. The van der Waals surface area contributed by atoms with Crippen molar-refractivity contribution < 1.29 is 38.3 Å². The predicted octanol–water partition coefficient (Wildman–Crippen LogP) is 5.92. The number of hydrogen-bond acceptors (Lipinski definition) is 8. The Hall–Kier alpha value is -6.31. The number of oxazole rings is 1. The number of nitrogens with zero attached hydrogens (tertiary/aromatic N) is 3. The summed E-state index contributed by atoms with van der Waals surface area (Å²) in [7, 11) is 0. The maximum Gasteiger partial charge on any atom is 0.305 e. The van der Waals surface area contributed by atoms with Crippen molar-refractivity contribution in [1.29, 1.82) is 0 Å². The van der Waals surface area contributed by atoms with Gasteiger partial charge in [0, 0.05) is 12.8 Å². The van der Waals surface area contributed by atoms with Gasteiger partial charge in [0.15, 0.2) is 5.76 Å². The Bertz CT molecular complexity index is 2260. The number of halogens is 2. The molecular formula is C42H37Cl2N5O8. The quantitative estimate of drug-likeness (QED) is 0.108. The Morgan fingerprint density at radius 1 is 0.789 bits per heavy atom. The van der Waals surface area contributed by atoms with Gasteiger partial charge in [0.1, 0.15) is 18.6 Å². The summed E-state index contributed by atoms with van der Waals surface area (Å²) in [6, 6.07) is 27.1. The summed E-state index contributed by atoms with van der Waals surface area (Å²) in [5.74, 6) is -5.19. The molecule has 4 aromatic carbocycles. The lowest BCUT2D eigenvalue weighted by molar-refractivity contribution is -0.137. The first-order valence-electron chi connectivity index (χ1n) is 18.0. The second-order valence-electron chi connectivity index (χ2n) is 13.2. The highest BCUT2D eigenvalue weighted by molar-refractivity contribution is 6.39. The number of hydrogen-bond donors (Lipinski definition) is 3. The Labute approximate surface area is 337 Å². The van der Waals surface area contributed by atoms with Crippen LogP contribution in [0.5, 0.6) is 0 Å². The molecule has 292 valence electrons. The van der Waals surface area contributed by atoms with E-state index in [1.165, 1.54) is 11.1 Å². The van der Waals surface area contributed by atoms with Crippen LogP contribution in [0.4, 0.5) is 11.4 Å². The van der Waals surface area contributed by atoms with Crippen LogP contribution in [0.3, 0.4) is 0 Å². The van der Waals surface area contributed by atoms with E-state index in [-0.39, 0.29) is 52.3 Å². The van der Waals surface area contributed by atoms with Gasteiger partial charge in [-0.05, 0) is 48.2 Å². The molecule has 5 aromatic rings. The molecule has 1 aliphatic rings. The van der Waals surface area contributed by atoms with Crippen LogP contribution in [0.2, 0.25) is 10.0 Å². The first-order chi connectivity index (χ1) is 27.5. The Morgan fingerprint density at radius 3 is 2.02 bits per heavy atom. The molecule has 0 saturated carbocycles. The van der Waals surface area contributed by atoms with Crippen molar-refractivity contribution in [1.82, 2.24) is 15.6 Å². The lowest BCUT2D eigenvalue weighted by Gasteiger charge is -2.26. The third-order valence-electron chi connectivity index (χ3n) is 9.24. The molecule has 2 heterocycles. The highest BCUT2D eigenvalue weighted by Gasteiger charge is 2.38. The van der Waals surface area contributed by atoms with Gasteiger partial charge in [0.2, 0.25) is 23.5 Å². The molecule has 1 aromatic heterocycles. The monoisotopic (exact) mass is 809 g/mol. The number of benzene rings is 4. The number of carbonyl (C=O) groups is 6. The normalized spacial score (nSPS) is 14.3. The zero-order valence-corrected chi connectivity index (χ0v) is 31.9. The van der Waals surface area contributed by atoms with E-state index >= 15 is 0 Å². The zero-order valence-electron chi connectivity index (χ0n) is 30.4. The van der Waals surface area contributed by atoms with Crippen LogP contribution in [0.25, 0.3) is 11.3 Å². The number of para-hydroxylation sites is 2. The number of carbonyl (C=O) groups excluding carboxylic acids is 5. The van der Waals surface area contributed by atoms with Crippen molar-refractivity contribution in [3.8, 4) is 11.3 Å². The SMILES string of the molecule is O=C(O)CC(NC(=O)CN1C(=O)[C@@H](NC(=O)CCc2ccccc2)CN(C(=O)CCc2ccccc2)c2ccccc21)C(=O)c1ncc(-c2c(Cl)cccc2Cl)o1. The topological polar surface area (TPSA) is 179 Å². The van der Waals surface area contributed by atoms with Gasteiger partial charge in [-0.15, -0.1) is 0 Å². The maximum absolute atomic E-state index is 14.4.